The monoisotopic (exact) mass is 365 g/mol. The predicted octanol–water partition coefficient (Wildman–Crippen LogP) is 2.92. The molecule has 0 radical (unpaired) electrons. The number of hydrogen-bond acceptors (Lipinski definition) is 3. The molecule has 2 amide bonds. The van der Waals surface area contributed by atoms with Gasteiger partial charge in [0.1, 0.15) is 0 Å². The Kier molecular flexibility index (Phi) is 5.89. The van der Waals surface area contributed by atoms with Gasteiger partial charge >= 0.3 is 0 Å². The van der Waals surface area contributed by atoms with Crippen LogP contribution in [0.2, 0.25) is 0 Å². The van der Waals surface area contributed by atoms with Gasteiger partial charge in [0.25, 0.3) is 5.91 Å². The average molecular weight is 365 g/mol. The number of amides is 2. The molecule has 0 spiro atoms. The van der Waals surface area contributed by atoms with Gasteiger partial charge < -0.3 is 9.80 Å². The zero-order valence-electron chi connectivity index (χ0n) is 16.4. The smallest absolute Gasteiger partial charge is 0.254 e. The van der Waals surface area contributed by atoms with E-state index in [-0.39, 0.29) is 11.8 Å². The first-order chi connectivity index (χ1) is 13.0. The third kappa shape index (κ3) is 4.54. The summed E-state index contributed by atoms with van der Waals surface area (Å²) >= 11 is 0. The van der Waals surface area contributed by atoms with Crippen LogP contribution in [0.25, 0.3) is 0 Å². The molecule has 27 heavy (non-hydrogen) atoms. The minimum Gasteiger partial charge on any atom is -0.341 e. The van der Waals surface area contributed by atoms with Gasteiger partial charge in [-0.15, -0.1) is 0 Å². The van der Waals surface area contributed by atoms with Crippen molar-refractivity contribution in [2.45, 2.75) is 33.6 Å². The molecule has 3 rings (SSSR count). The van der Waals surface area contributed by atoms with E-state index in [1.807, 2.05) is 9.80 Å². The van der Waals surface area contributed by atoms with Crippen molar-refractivity contribution in [1.29, 1.82) is 0 Å². The van der Waals surface area contributed by atoms with Crippen LogP contribution in [0.4, 0.5) is 0 Å². The summed E-state index contributed by atoms with van der Waals surface area (Å²) in [5.41, 5.74) is 5.34. The number of carbonyl (C=O) groups excluding carboxylic acids is 2. The van der Waals surface area contributed by atoms with Gasteiger partial charge in [-0.2, -0.15) is 0 Å². The van der Waals surface area contributed by atoms with Crippen LogP contribution in [0.1, 0.15) is 39.0 Å². The minimum absolute atomic E-state index is 0.0110. The third-order valence-electron chi connectivity index (χ3n) is 5.23. The van der Waals surface area contributed by atoms with Crippen molar-refractivity contribution in [2.75, 3.05) is 26.2 Å². The number of nitrogens with zero attached hydrogens (tertiary/aromatic N) is 3. The lowest BCUT2D eigenvalue weighted by molar-refractivity contribution is -0.130. The van der Waals surface area contributed by atoms with E-state index in [1.54, 1.807) is 24.5 Å². The Hall–Kier alpha value is -2.69. The van der Waals surface area contributed by atoms with Crippen LogP contribution in [0.5, 0.6) is 0 Å². The molecule has 0 bridgehead atoms. The molecule has 1 aliphatic rings. The lowest BCUT2D eigenvalue weighted by atomic mass is 9.97. The highest BCUT2D eigenvalue weighted by molar-refractivity contribution is 5.94. The number of carbonyl (C=O) groups is 2. The summed E-state index contributed by atoms with van der Waals surface area (Å²) in [7, 11) is 0. The fraction of sp³-hybridized carbons (Fsp3) is 0.409. The third-order valence-corrected chi connectivity index (χ3v) is 5.23. The molecule has 1 aromatic heterocycles. The first-order valence-corrected chi connectivity index (χ1v) is 9.49. The Labute approximate surface area is 161 Å². The van der Waals surface area contributed by atoms with E-state index in [4.69, 9.17) is 0 Å². The normalized spacial score (nSPS) is 14.8. The number of benzene rings is 1. The number of aryl methyl sites for hydroxylation is 3. The van der Waals surface area contributed by atoms with Crippen molar-refractivity contribution in [3.63, 3.8) is 0 Å². The Morgan fingerprint density at radius 1 is 0.926 bits per heavy atom. The molecule has 0 saturated carbocycles. The summed E-state index contributed by atoms with van der Waals surface area (Å²) in [6, 6.07) is 7.73. The fourth-order valence-electron chi connectivity index (χ4n) is 3.80. The predicted molar refractivity (Wildman–Crippen MR) is 106 cm³/mol. The summed E-state index contributed by atoms with van der Waals surface area (Å²) < 4.78 is 0. The molecule has 0 aliphatic carbocycles. The van der Waals surface area contributed by atoms with Crippen molar-refractivity contribution in [3.05, 3.63) is 64.5 Å². The molecule has 1 fully saturated rings. The molecule has 0 unspecified atom stereocenters. The topological polar surface area (TPSA) is 53.5 Å². The molecule has 5 nitrogen and oxygen atoms in total. The van der Waals surface area contributed by atoms with E-state index in [9.17, 15) is 9.59 Å². The second-order valence-electron chi connectivity index (χ2n) is 7.32. The van der Waals surface area contributed by atoms with E-state index in [0.29, 0.717) is 38.2 Å². The van der Waals surface area contributed by atoms with Crippen LogP contribution in [-0.2, 0) is 11.2 Å². The maximum Gasteiger partial charge on any atom is 0.254 e. The van der Waals surface area contributed by atoms with Gasteiger partial charge in [0.15, 0.2) is 0 Å². The van der Waals surface area contributed by atoms with Crippen molar-refractivity contribution in [3.8, 4) is 0 Å². The largest absolute Gasteiger partial charge is 0.341 e. The summed E-state index contributed by atoms with van der Waals surface area (Å²) in [5, 5.41) is 0. The van der Waals surface area contributed by atoms with Gasteiger partial charge in [-0.3, -0.25) is 14.6 Å². The molecule has 2 aromatic rings. The molecule has 1 aliphatic heterocycles. The van der Waals surface area contributed by atoms with Gasteiger partial charge in [-0.1, -0.05) is 17.7 Å². The highest BCUT2D eigenvalue weighted by Gasteiger charge is 2.23. The second-order valence-corrected chi connectivity index (χ2v) is 7.32. The quantitative estimate of drug-likeness (QED) is 0.840. The lowest BCUT2D eigenvalue weighted by Gasteiger charge is -2.23. The van der Waals surface area contributed by atoms with Crippen molar-refractivity contribution < 1.29 is 9.59 Å². The van der Waals surface area contributed by atoms with Gasteiger partial charge in [-0.25, -0.2) is 0 Å². The molecule has 0 N–H and O–H groups in total. The van der Waals surface area contributed by atoms with Crippen LogP contribution in [0.15, 0.2) is 36.7 Å². The van der Waals surface area contributed by atoms with Crippen molar-refractivity contribution >= 4 is 11.8 Å². The van der Waals surface area contributed by atoms with E-state index in [2.05, 4.69) is 37.9 Å². The molecule has 1 saturated heterocycles. The van der Waals surface area contributed by atoms with Crippen molar-refractivity contribution in [1.82, 2.24) is 14.8 Å². The summed E-state index contributed by atoms with van der Waals surface area (Å²) in [6.07, 6.45) is 4.49. The zero-order chi connectivity index (χ0) is 19.4. The highest BCUT2D eigenvalue weighted by atomic mass is 16.2. The fourth-order valence-corrected chi connectivity index (χ4v) is 3.80. The van der Waals surface area contributed by atoms with Crippen LogP contribution in [0.3, 0.4) is 0 Å². The Morgan fingerprint density at radius 3 is 2.19 bits per heavy atom. The Morgan fingerprint density at radius 2 is 1.52 bits per heavy atom. The van der Waals surface area contributed by atoms with E-state index >= 15 is 0 Å². The van der Waals surface area contributed by atoms with E-state index in [0.717, 1.165) is 12.0 Å². The molecule has 5 heteroatoms. The van der Waals surface area contributed by atoms with E-state index < -0.39 is 0 Å². The van der Waals surface area contributed by atoms with Gasteiger partial charge in [0.2, 0.25) is 5.91 Å². The van der Waals surface area contributed by atoms with Gasteiger partial charge in [0, 0.05) is 44.1 Å². The van der Waals surface area contributed by atoms with Crippen molar-refractivity contribution in [2.24, 2.45) is 0 Å². The first kappa shape index (κ1) is 19.1. The average Bonchev–Trinajstić information content (AvgIpc) is 2.91. The van der Waals surface area contributed by atoms with Gasteiger partial charge in [-0.05, 0) is 56.0 Å². The minimum atomic E-state index is 0.0110. The number of rotatable bonds is 3. The molecule has 1 aromatic carbocycles. The van der Waals surface area contributed by atoms with Crippen LogP contribution < -0.4 is 0 Å². The molecular formula is C22H27N3O2. The maximum atomic E-state index is 12.9. The Bertz CT molecular complexity index is 810. The molecule has 0 atom stereocenters. The molecule has 142 valence electrons. The lowest BCUT2D eigenvalue weighted by Crippen LogP contribution is -2.38. The number of aromatic nitrogens is 1. The molecular weight excluding hydrogens is 338 g/mol. The first-order valence-electron chi connectivity index (χ1n) is 9.49. The van der Waals surface area contributed by atoms with Gasteiger partial charge in [0.05, 0.1) is 6.42 Å². The number of hydrogen-bond donors (Lipinski definition) is 0. The Balaban J connectivity index is 1.64. The van der Waals surface area contributed by atoms with E-state index in [1.165, 1.54) is 16.7 Å². The number of pyridine rings is 1. The standard InChI is InChI=1S/C22H27N3O2/c1-16-13-17(2)20(18(3)14-16)15-21(26)24-9-4-10-25(12-11-24)22(27)19-5-7-23-8-6-19/h5-8,13-14H,4,9-12,15H2,1-3H3. The van der Waals surface area contributed by atoms with Crippen LogP contribution >= 0.6 is 0 Å². The zero-order valence-corrected chi connectivity index (χ0v) is 16.4. The molecule has 2 heterocycles. The van der Waals surface area contributed by atoms with Crippen LogP contribution in [-0.4, -0.2) is 52.8 Å². The van der Waals surface area contributed by atoms with Crippen LogP contribution in [0, 0.1) is 20.8 Å². The summed E-state index contributed by atoms with van der Waals surface area (Å²) in [6.45, 7) is 8.74. The SMILES string of the molecule is Cc1cc(C)c(CC(=O)N2CCCN(C(=O)c3ccncc3)CC2)c(C)c1. The highest BCUT2D eigenvalue weighted by Crippen LogP contribution is 2.18. The second kappa shape index (κ2) is 8.33. The summed E-state index contributed by atoms with van der Waals surface area (Å²) in [4.78, 5) is 33.2. The summed E-state index contributed by atoms with van der Waals surface area (Å²) in [5.74, 6) is 0.153. The maximum absolute atomic E-state index is 12.9.